The molecule has 4 N–H and O–H groups in total. The summed E-state index contributed by atoms with van der Waals surface area (Å²) in [4.78, 5) is 22.0. The van der Waals surface area contributed by atoms with Gasteiger partial charge in [-0.25, -0.2) is 26.4 Å². The van der Waals surface area contributed by atoms with Crippen molar-refractivity contribution in [1.82, 2.24) is 0 Å². The van der Waals surface area contributed by atoms with Crippen LogP contribution in [-0.4, -0.2) is 39.0 Å². The number of hydrogen-bond donors (Lipinski definition) is 4. The van der Waals surface area contributed by atoms with Gasteiger partial charge >= 0.3 is 11.9 Å². The quantitative estimate of drug-likeness (QED) is 0.269. The molecule has 4 rings (SSSR count). The number of fused-ring (bicyclic) bond motifs is 1. The van der Waals surface area contributed by atoms with Crippen LogP contribution in [0.4, 0.5) is 11.4 Å². The molecule has 0 bridgehead atoms. The number of carbonyl (C=O) groups is 2. The zero-order valence-corrected chi connectivity index (χ0v) is 19.9. The molecule has 0 fully saturated rings. The first kappa shape index (κ1) is 24.7. The van der Waals surface area contributed by atoms with Gasteiger partial charge in [-0.3, -0.25) is 9.44 Å². The van der Waals surface area contributed by atoms with E-state index in [0.29, 0.717) is 0 Å². The van der Waals surface area contributed by atoms with Crippen LogP contribution in [0.2, 0.25) is 0 Å². The number of anilines is 2. The number of rotatable bonds is 8. The van der Waals surface area contributed by atoms with Crippen molar-refractivity contribution in [2.75, 3.05) is 9.44 Å². The maximum atomic E-state index is 13.2. The lowest BCUT2D eigenvalue weighted by atomic mass is 10.1. The van der Waals surface area contributed by atoms with E-state index in [1.54, 1.807) is 0 Å². The molecule has 12 heteroatoms. The van der Waals surface area contributed by atoms with Crippen LogP contribution in [0.3, 0.4) is 0 Å². The summed E-state index contributed by atoms with van der Waals surface area (Å²) in [7, 11) is -8.48. The van der Waals surface area contributed by atoms with Crippen LogP contribution in [0, 0.1) is 0 Å². The molecule has 0 aliphatic carbocycles. The molecule has 0 radical (unpaired) electrons. The lowest BCUT2D eigenvalue weighted by molar-refractivity contribution is 0.0686. The van der Waals surface area contributed by atoms with E-state index in [0.717, 1.165) is 12.1 Å². The summed E-state index contributed by atoms with van der Waals surface area (Å²) in [5.74, 6) is -2.45. The molecule has 0 heterocycles. The van der Waals surface area contributed by atoms with Crippen molar-refractivity contribution in [3.05, 3.63) is 96.1 Å². The van der Waals surface area contributed by atoms with Gasteiger partial charge in [-0.05, 0) is 48.5 Å². The lowest BCUT2D eigenvalue weighted by Gasteiger charge is -2.14. The second kappa shape index (κ2) is 9.32. The number of aromatic carboxylic acids is 2. The molecule has 10 nitrogen and oxygen atoms in total. The van der Waals surface area contributed by atoms with E-state index in [9.17, 15) is 26.4 Å². The minimum absolute atomic E-state index is 0.0238. The fraction of sp³-hybridized carbons (Fsp3) is 0. The predicted octanol–water partition coefficient (Wildman–Crippen LogP) is 3.84. The van der Waals surface area contributed by atoms with Crippen LogP contribution in [0.5, 0.6) is 0 Å². The molecule has 0 aliphatic rings. The normalized spacial score (nSPS) is 11.7. The van der Waals surface area contributed by atoms with Gasteiger partial charge in [-0.1, -0.05) is 36.4 Å². The van der Waals surface area contributed by atoms with E-state index < -0.39 is 32.0 Å². The highest BCUT2D eigenvalue weighted by atomic mass is 32.2. The second-order valence-corrected chi connectivity index (χ2v) is 10.9. The summed E-state index contributed by atoms with van der Waals surface area (Å²) in [6.07, 6.45) is 0. The zero-order chi connectivity index (χ0) is 26.1. The van der Waals surface area contributed by atoms with E-state index in [1.165, 1.54) is 72.8 Å². The van der Waals surface area contributed by atoms with Crippen LogP contribution in [0.25, 0.3) is 10.8 Å². The van der Waals surface area contributed by atoms with E-state index >= 15 is 0 Å². The smallest absolute Gasteiger partial charge is 0.335 e. The highest BCUT2D eigenvalue weighted by Crippen LogP contribution is 2.30. The van der Waals surface area contributed by atoms with E-state index in [4.69, 9.17) is 10.2 Å². The molecule has 0 unspecified atom stereocenters. The summed E-state index contributed by atoms with van der Waals surface area (Å²) >= 11 is 0. The maximum absolute atomic E-state index is 13.2. The molecule has 0 spiro atoms. The Kier molecular flexibility index (Phi) is 6.39. The summed E-state index contributed by atoms with van der Waals surface area (Å²) in [6.45, 7) is 0. The average molecular weight is 527 g/mol. The molecular weight excluding hydrogens is 508 g/mol. The predicted molar refractivity (Wildman–Crippen MR) is 132 cm³/mol. The van der Waals surface area contributed by atoms with Crippen LogP contribution in [-0.2, 0) is 20.0 Å². The Morgan fingerprint density at radius 2 is 0.917 bits per heavy atom. The summed E-state index contributed by atoms with van der Waals surface area (Å²) in [5.41, 5.74) is -0.176. The minimum Gasteiger partial charge on any atom is -0.478 e. The molecule has 0 amide bonds. The lowest BCUT2D eigenvalue weighted by Crippen LogP contribution is -2.16. The highest BCUT2D eigenvalue weighted by molar-refractivity contribution is 7.93. The third kappa shape index (κ3) is 4.99. The van der Waals surface area contributed by atoms with Crippen molar-refractivity contribution in [1.29, 1.82) is 0 Å². The molecule has 0 aliphatic heterocycles. The van der Waals surface area contributed by atoms with Crippen molar-refractivity contribution in [2.24, 2.45) is 0 Å². The number of nitrogens with one attached hydrogen (secondary N) is 2. The largest absolute Gasteiger partial charge is 0.478 e. The summed E-state index contributed by atoms with van der Waals surface area (Å²) < 4.78 is 57.3. The summed E-state index contributed by atoms with van der Waals surface area (Å²) in [6, 6.07) is 18.8. The Morgan fingerprint density at radius 1 is 0.556 bits per heavy atom. The standard InChI is InChI=1S/C24H18N2O8S2/c27-23(28)15-5-1-7-17(13-15)25-35(31,32)21-11-3-10-20-19(21)9-4-12-22(20)36(33,34)26-18-8-2-6-16(14-18)24(29)30/h1-14,25-26H,(H,27,28)(H,29,30). The first-order valence-electron chi connectivity index (χ1n) is 10.2. The molecule has 36 heavy (non-hydrogen) atoms. The molecule has 4 aromatic carbocycles. The highest BCUT2D eigenvalue weighted by Gasteiger charge is 2.23. The third-order valence-corrected chi connectivity index (χ3v) is 8.02. The van der Waals surface area contributed by atoms with Gasteiger partial charge < -0.3 is 10.2 Å². The fourth-order valence-electron chi connectivity index (χ4n) is 3.57. The Morgan fingerprint density at radius 3 is 1.28 bits per heavy atom. The van der Waals surface area contributed by atoms with Gasteiger partial charge in [0.2, 0.25) is 0 Å². The van der Waals surface area contributed by atoms with Crippen LogP contribution < -0.4 is 9.44 Å². The zero-order valence-electron chi connectivity index (χ0n) is 18.2. The Hall–Kier alpha value is -4.42. The van der Waals surface area contributed by atoms with E-state index in [-0.39, 0.29) is 43.1 Å². The minimum atomic E-state index is -4.24. The molecule has 184 valence electrons. The molecule has 4 aromatic rings. The van der Waals surface area contributed by atoms with Gasteiger partial charge in [0.15, 0.2) is 0 Å². The first-order valence-corrected chi connectivity index (χ1v) is 13.2. The van der Waals surface area contributed by atoms with Crippen LogP contribution in [0.1, 0.15) is 20.7 Å². The molecule has 0 aromatic heterocycles. The van der Waals surface area contributed by atoms with Gasteiger partial charge in [0.1, 0.15) is 0 Å². The number of carboxylic acids is 2. The van der Waals surface area contributed by atoms with Crippen molar-refractivity contribution < 1.29 is 36.6 Å². The second-order valence-electron chi connectivity index (χ2n) is 7.59. The van der Waals surface area contributed by atoms with Gasteiger partial charge in [0.05, 0.1) is 20.9 Å². The Labute approximate surface area is 205 Å². The monoisotopic (exact) mass is 526 g/mol. The van der Waals surface area contributed by atoms with Gasteiger partial charge in [-0.2, -0.15) is 0 Å². The molecule has 0 atom stereocenters. The van der Waals surface area contributed by atoms with Gasteiger partial charge in [0, 0.05) is 22.1 Å². The maximum Gasteiger partial charge on any atom is 0.335 e. The van der Waals surface area contributed by atoms with Crippen molar-refractivity contribution in [3.63, 3.8) is 0 Å². The molecular formula is C24H18N2O8S2. The fourth-order valence-corrected chi connectivity index (χ4v) is 6.12. The molecule has 0 saturated heterocycles. The number of hydrogen-bond acceptors (Lipinski definition) is 6. The Bertz CT molecular complexity index is 1600. The number of sulfonamides is 2. The summed E-state index contributed by atoms with van der Waals surface area (Å²) in [5, 5.41) is 18.5. The Balaban J connectivity index is 1.76. The van der Waals surface area contributed by atoms with E-state index in [1.807, 2.05) is 0 Å². The van der Waals surface area contributed by atoms with Gasteiger partial charge in [0.25, 0.3) is 20.0 Å². The number of benzene rings is 4. The molecule has 0 saturated carbocycles. The topological polar surface area (TPSA) is 167 Å². The van der Waals surface area contributed by atoms with Crippen LogP contribution in [0.15, 0.2) is 94.7 Å². The van der Waals surface area contributed by atoms with Crippen molar-refractivity contribution >= 4 is 54.1 Å². The average Bonchev–Trinajstić information content (AvgIpc) is 2.83. The van der Waals surface area contributed by atoms with Crippen molar-refractivity contribution in [2.45, 2.75) is 9.79 Å². The van der Waals surface area contributed by atoms with Crippen molar-refractivity contribution in [3.8, 4) is 0 Å². The van der Waals surface area contributed by atoms with Crippen LogP contribution >= 0.6 is 0 Å². The third-order valence-electron chi connectivity index (χ3n) is 5.14. The first-order chi connectivity index (χ1) is 17.0. The SMILES string of the molecule is O=C(O)c1cccc(NS(=O)(=O)c2cccc3c(S(=O)(=O)Nc4cccc(C(=O)O)c4)cccc23)c1. The van der Waals surface area contributed by atoms with E-state index in [2.05, 4.69) is 9.44 Å². The van der Waals surface area contributed by atoms with Gasteiger partial charge in [-0.15, -0.1) is 0 Å². The number of carboxylic acid groups (broad SMARTS) is 2.